The average Bonchev–Trinajstić information content (AvgIpc) is 0.722. The Morgan fingerprint density at radius 2 is 1.14 bits per heavy atom. The molecule has 0 aliphatic carbocycles. The minimum absolute atomic E-state index is 0. The normalized spacial score (nSPS) is 8.57. The quantitative estimate of drug-likeness (QED) is 0.379. The molecule has 0 bridgehead atoms. The van der Waals surface area contributed by atoms with Crippen LogP contribution in [0.15, 0.2) is 0 Å². The Kier molecular flexibility index (Phi) is 10.9. The van der Waals surface area contributed by atoms with Crippen molar-refractivity contribution >= 4 is 0 Å². The van der Waals surface area contributed by atoms with E-state index >= 15 is 0 Å². The van der Waals surface area contributed by atoms with Crippen molar-refractivity contribution in [3.05, 3.63) is 0 Å². The first-order valence-corrected chi connectivity index (χ1v) is 1.90. The number of rotatable bonds is 0. The van der Waals surface area contributed by atoms with Crippen molar-refractivity contribution in [2.24, 2.45) is 0 Å². The Balaban J connectivity index is -0.0000000800. The summed E-state index contributed by atoms with van der Waals surface area (Å²) in [5, 5.41) is 0. The third kappa shape index (κ3) is 293. The third-order valence-corrected chi connectivity index (χ3v) is 0. The zero-order valence-electron chi connectivity index (χ0n) is 3.26. The molecule has 0 atom stereocenters. The van der Waals surface area contributed by atoms with Crippen LogP contribution in [0, 0.1) is 10.2 Å². The predicted octanol–water partition coefficient (Wildman–Crippen LogP) is -4.95. The number of hydrogen-bond donors (Lipinski definition) is 1. The molecule has 5 nitrogen and oxygen atoms in total. The van der Waals surface area contributed by atoms with E-state index in [1.54, 1.807) is 0 Å². The van der Waals surface area contributed by atoms with Crippen molar-refractivity contribution in [2.45, 2.75) is 0 Å². The predicted molar refractivity (Wildman–Crippen MR) is 5.83 cm³/mol. The second-order valence-corrected chi connectivity index (χ2v) is 1.19. The van der Waals surface area contributed by atoms with Gasteiger partial charge < -0.3 is 5.48 Å². The zero-order chi connectivity index (χ0) is 4.50. The summed E-state index contributed by atoms with van der Waals surface area (Å²) < 4.78 is 32.7. The molecule has 42 valence electrons. The van der Waals surface area contributed by atoms with Gasteiger partial charge in [-0.2, -0.15) is 14.0 Å². The van der Waals surface area contributed by atoms with Gasteiger partial charge in [0.1, 0.15) is 0 Å². The molecule has 3 N–H and O–H groups in total. The summed E-state index contributed by atoms with van der Waals surface area (Å²) in [6.07, 6.45) is 0. The molecule has 0 amide bonds. The Morgan fingerprint density at radius 3 is 1.14 bits per heavy atom. The second kappa shape index (κ2) is 4.86. The Morgan fingerprint density at radius 1 is 1.14 bits per heavy atom. The van der Waals surface area contributed by atoms with Crippen LogP contribution in [-0.4, -0.2) is 10.1 Å². The molecule has 0 unspecified atom stereocenters. The SMILES string of the molecule is O.[O-][Cl+3]([O-])([O-])O.[Zn]. The van der Waals surface area contributed by atoms with Crippen LogP contribution in [0.5, 0.6) is 0 Å². The first-order chi connectivity index (χ1) is 2.00. The molecule has 0 saturated carbocycles. The molecule has 0 aromatic carbocycles. The van der Waals surface area contributed by atoms with Gasteiger partial charge in [-0.25, -0.2) is 0 Å². The first-order valence-electron chi connectivity index (χ1n) is 0.632. The van der Waals surface area contributed by atoms with Gasteiger partial charge >= 0.3 is 0 Å². The van der Waals surface area contributed by atoms with Crippen molar-refractivity contribution in [1.29, 1.82) is 0 Å². The van der Waals surface area contributed by atoms with Gasteiger partial charge in [0, 0.05) is 19.5 Å². The third-order valence-electron chi connectivity index (χ3n) is 0. The first kappa shape index (κ1) is 15.6. The van der Waals surface area contributed by atoms with Crippen molar-refractivity contribution < 1.29 is 53.8 Å². The molecule has 0 fully saturated rings. The zero-order valence-corrected chi connectivity index (χ0v) is 6.98. The molecule has 0 heterocycles. The summed E-state index contributed by atoms with van der Waals surface area (Å²) in [7, 11) is -4.69. The minimum Gasteiger partial charge on any atom is -0.412 e. The van der Waals surface area contributed by atoms with Gasteiger partial charge in [0.25, 0.3) is 0 Å². The monoisotopic (exact) mass is 182 g/mol. The molecular formula is H3ClO5Zn. The fourth-order valence-corrected chi connectivity index (χ4v) is 0. The topological polar surface area (TPSA) is 121 Å². The van der Waals surface area contributed by atoms with E-state index in [0.717, 1.165) is 0 Å². The van der Waals surface area contributed by atoms with E-state index in [1.165, 1.54) is 0 Å². The van der Waals surface area contributed by atoms with Gasteiger partial charge in [-0.1, -0.05) is 0 Å². The molecular weight excluding hydrogens is 181 g/mol. The van der Waals surface area contributed by atoms with Crippen LogP contribution in [0.1, 0.15) is 0 Å². The summed E-state index contributed by atoms with van der Waals surface area (Å²) in [6.45, 7) is 0. The largest absolute Gasteiger partial charge is 0.412 e. The number of hydrogen-bond acceptors (Lipinski definition) is 4. The molecule has 0 radical (unpaired) electrons. The molecule has 7 heavy (non-hydrogen) atoms. The van der Waals surface area contributed by atoms with Crippen LogP contribution in [0.2, 0.25) is 0 Å². The van der Waals surface area contributed by atoms with E-state index < -0.39 is 10.2 Å². The molecule has 0 rings (SSSR count). The summed E-state index contributed by atoms with van der Waals surface area (Å²) in [6, 6.07) is 0. The van der Waals surface area contributed by atoms with Gasteiger partial charge in [-0.3, -0.25) is 0 Å². The van der Waals surface area contributed by atoms with Gasteiger partial charge in [0.2, 0.25) is 0 Å². The molecule has 0 aromatic rings. The van der Waals surface area contributed by atoms with Crippen LogP contribution in [0.3, 0.4) is 0 Å². The fraction of sp³-hybridized carbons (Fsp3) is 0. The summed E-state index contributed by atoms with van der Waals surface area (Å²) in [5.74, 6) is 0. The molecule has 0 spiro atoms. The molecule has 0 aliphatic heterocycles. The molecule has 0 aliphatic rings. The summed E-state index contributed by atoms with van der Waals surface area (Å²) in [5.41, 5.74) is 0. The molecule has 0 aromatic heterocycles. The van der Waals surface area contributed by atoms with Gasteiger partial charge in [-0.05, 0) is 0 Å². The van der Waals surface area contributed by atoms with Crippen molar-refractivity contribution in [3.63, 3.8) is 0 Å². The van der Waals surface area contributed by atoms with E-state index in [9.17, 15) is 0 Å². The smallest absolute Gasteiger partial charge is 0.0777 e. The van der Waals surface area contributed by atoms with Gasteiger partial charge in [0.05, 0.1) is 14.9 Å². The second-order valence-electron chi connectivity index (χ2n) is 0.396. The molecule has 0 saturated heterocycles. The Bertz CT molecular complexity index is 23.6. The maximum absolute atomic E-state index is 8.60. The van der Waals surface area contributed by atoms with Crippen LogP contribution < -0.4 is 14.0 Å². The summed E-state index contributed by atoms with van der Waals surface area (Å²) in [4.78, 5) is 0. The maximum Gasteiger partial charge on any atom is 0.0777 e. The van der Waals surface area contributed by atoms with E-state index in [1.807, 2.05) is 0 Å². The van der Waals surface area contributed by atoms with Crippen LogP contribution in [0.25, 0.3) is 0 Å². The average molecular weight is 184 g/mol. The van der Waals surface area contributed by atoms with Gasteiger partial charge in [0.15, 0.2) is 0 Å². The van der Waals surface area contributed by atoms with Crippen LogP contribution >= 0.6 is 0 Å². The maximum atomic E-state index is 8.60. The summed E-state index contributed by atoms with van der Waals surface area (Å²) >= 11 is 0. The van der Waals surface area contributed by atoms with Gasteiger partial charge in [-0.15, -0.1) is 0 Å². The van der Waals surface area contributed by atoms with Crippen LogP contribution in [0.4, 0.5) is 0 Å². The van der Waals surface area contributed by atoms with E-state index in [-0.39, 0.29) is 25.0 Å². The van der Waals surface area contributed by atoms with E-state index in [2.05, 4.69) is 0 Å². The Labute approximate surface area is 54.4 Å². The minimum atomic E-state index is -4.69. The van der Waals surface area contributed by atoms with Crippen LogP contribution in [-0.2, 0) is 19.5 Å². The van der Waals surface area contributed by atoms with Crippen molar-refractivity contribution in [2.75, 3.05) is 0 Å². The van der Waals surface area contributed by atoms with E-state index in [4.69, 9.17) is 18.6 Å². The van der Waals surface area contributed by atoms with Crippen molar-refractivity contribution in [3.8, 4) is 0 Å². The Hall–Kier alpha value is 0.713. The molecule has 7 heteroatoms. The van der Waals surface area contributed by atoms with Crippen molar-refractivity contribution in [1.82, 2.24) is 0 Å². The standard InChI is InChI=1S/ClHO4.H2O.Zn/c2-1(3,4)5;;/h(H,2,3,4,5);1H2;. The van der Waals surface area contributed by atoms with E-state index in [0.29, 0.717) is 0 Å². The fourth-order valence-electron chi connectivity index (χ4n) is 0. The number of halogens is 1.